The van der Waals surface area contributed by atoms with E-state index in [0.717, 1.165) is 28.2 Å². The van der Waals surface area contributed by atoms with Crippen molar-refractivity contribution in [3.05, 3.63) is 71.4 Å². The van der Waals surface area contributed by atoms with Crippen LogP contribution in [0.25, 0.3) is 0 Å². The first-order valence-electron chi connectivity index (χ1n) is 8.74. The van der Waals surface area contributed by atoms with Crippen molar-refractivity contribution in [1.82, 2.24) is 19.9 Å². The van der Waals surface area contributed by atoms with Gasteiger partial charge in [-0.25, -0.2) is 13.8 Å². The maximum atomic E-state index is 13.7. The minimum atomic E-state index is -0.586. The van der Waals surface area contributed by atoms with Crippen LogP contribution in [-0.2, 0) is 13.1 Å². The molecule has 7 heteroatoms. The summed E-state index contributed by atoms with van der Waals surface area (Å²) in [6.45, 7) is 5.31. The average molecular weight is 388 g/mol. The Hall–Kier alpha value is -2.25. The lowest BCUT2D eigenvalue weighted by Crippen LogP contribution is -2.13. The third kappa shape index (κ3) is 4.73. The van der Waals surface area contributed by atoms with Gasteiger partial charge in [-0.2, -0.15) is 0 Å². The molecule has 1 N–H and O–H groups in total. The third-order valence-electron chi connectivity index (χ3n) is 4.02. The average Bonchev–Trinajstić information content (AvgIpc) is 2.93. The predicted molar refractivity (Wildman–Crippen MR) is 103 cm³/mol. The number of pyridine rings is 1. The summed E-state index contributed by atoms with van der Waals surface area (Å²) in [6, 6.07) is 7.46. The van der Waals surface area contributed by atoms with Crippen molar-refractivity contribution < 1.29 is 8.78 Å². The molecule has 0 spiro atoms. The molecule has 0 unspecified atom stereocenters. The highest BCUT2D eigenvalue weighted by Gasteiger charge is 2.21. The normalized spacial score (nSPS) is 11.3. The van der Waals surface area contributed by atoms with Crippen molar-refractivity contribution >= 4 is 11.8 Å². The van der Waals surface area contributed by atoms with E-state index in [4.69, 9.17) is 4.98 Å². The van der Waals surface area contributed by atoms with Crippen molar-refractivity contribution in [2.45, 2.75) is 42.8 Å². The fourth-order valence-corrected chi connectivity index (χ4v) is 4.05. The van der Waals surface area contributed by atoms with E-state index in [9.17, 15) is 8.78 Å². The summed E-state index contributed by atoms with van der Waals surface area (Å²) in [5.74, 6) is -0.115. The zero-order valence-corrected chi connectivity index (χ0v) is 16.4. The van der Waals surface area contributed by atoms with E-state index in [1.807, 2.05) is 25.4 Å². The molecule has 2 heterocycles. The maximum absolute atomic E-state index is 13.7. The van der Waals surface area contributed by atoms with Crippen molar-refractivity contribution in [1.29, 1.82) is 0 Å². The van der Waals surface area contributed by atoms with Crippen molar-refractivity contribution in [2.24, 2.45) is 0 Å². The Bertz CT molecular complexity index is 890. The summed E-state index contributed by atoms with van der Waals surface area (Å²) in [5, 5.41) is 4.04. The number of aromatic nitrogens is 3. The number of halogens is 2. The molecule has 142 valence electrons. The number of hydrogen-bond donors (Lipinski definition) is 1. The molecule has 4 nitrogen and oxygen atoms in total. The molecule has 0 aliphatic heterocycles. The molecule has 0 aliphatic rings. The Morgan fingerprint density at radius 3 is 2.52 bits per heavy atom. The molecular formula is C20H22F2N4S. The lowest BCUT2D eigenvalue weighted by molar-refractivity contribution is 0.577. The molecule has 3 rings (SSSR count). The molecule has 0 saturated heterocycles. The Morgan fingerprint density at radius 2 is 1.93 bits per heavy atom. The summed E-state index contributed by atoms with van der Waals surface area (Å²) in [6.07, 6.45) is 3.55. The van der Waals surface area contributed by atoms with Crippen LogP contribution in [0.3, 0.4) is 0 Å². The van der Waals surface area contributed by atoms with Gasteiger partial charge in [-0.1, -0.05) is 31.7 Å². The van der Waals surface area contributed by atoms with E-state index in [-0.39, 0.29) is 5.92 Å². The van der Waals surface area contributed by atoms with Gasteiger partial charge < -0.3 is 9.88 Å². The van der Waals surface area contributed by atoms with Crippen LogP contribution in [0.4, 0.5) is 8.78 Å². The van der Waals surface area contributed by atoms with Crippen LogP contribution in [0.1, 0.15) is 36.8 Å². The molecule has 1 aromatic carbocycles. The zero-order chi connectivity index (χ0) is 19.4. The highest BCUT2D eigenvalue weighted by atomic mass is 32.2. The second kappa shape index (κ2) is 8.63. The van der Waals surface area contributed by atoms with Gasteiger partial charge in [0.05, 0.1) is 18.8 Å². The van der Waals surface area contributed by atoms with Gasteiger partial charge in [-0.3, -0.25) is 4.98 Å². The summed E-state index contributed by atoms with van der Waals surface area (Å²) in [5.41, 5.74) is 1.95. The highest BCUT2D eigenvalue weighted by molar-refractivity contribution is 7.99. The summed E-state index contributed by atoms with van der Waals surface area (Å²) in [7, 11) is 1.87. The van der Waals surface area contributed by atoms with Crippen LogP contribution in [-0.4, -0.2) is 21.6 Å². The monoisotopic (exact) mass is 388 g/mol. The van der Waals surface area contributed by atoms with Gasteiger partial charge >= 0.3 is 0 Å². The Morgan fingerprint density at radius 1 is 1.19 bits per heavy atom. The van der Waals surface area contributed by atoms with E-state index in [0.29, 0.717) is 18.0 Å². The smallest absolute Gasteiger partial charge is 0.127 e. The second-order valence-corrected chi connectivity index (χ2v) is 7.62. The van der Waals surface area contributed by atoms with Gasteiger partial charge in [0.2, 0.25) is 0 Å². The van der Waals surface area contributed by atoms with Gasteiger partial charge in [0.15, 0.2) is 0 Å². The lowest BCUT2D eigenvalue weighted by Gasteiger charge is -2.13. The van der Waals surface area contributed by atoms with Crippen LogP contribution in [0.5, 0.6) is 0 Å². The number of hydrogen-bond acceptors (Lipinski definition) is 4. The fraction of sp³-hybridized carbons (Fsp3) is 0.300. The minimum Gasteiger partial charge on any atom is -0.317 e. The third-order valence-corrected chi connectivity index (χ3v) is 5.12. The van der Waals surface area contributed by atoms with Gasteiger partial charge in [0.1, 0.15) is 22.5 Å². The molecule has 0 bridgehead atoms. The number of nitrogens with one attached hydrogen (secondary N) is 1. The number of imidazole rings is 1. The number of rotatable bonds is 7. The standard InChI is InChI=1S/C20H22F2N4S/c1-13(2)19-20(27-17-8-15(21)7-16(22)9-17)26(18(25-19)11-23-3)12-14-5-4-6-24-10-14/h4-10,13,23H,11-12H2,1-3H3. The Balaban J connectivity index is 2.08. The van der Waals surface area contributed by atoms with Crippen molar-refractivity contribution in [2.75, 3.05) is 7.05 Å². The first-order chi connectivity index (χ1) is 13.0. The Kier molecular flexibility index (Phi) is 6.23. The van der Waals surface area contributed by atoms with Gasteiger partial charge in [-0.15, -0.1) is 0 Å². The van der Waals surface area contributed by atoms with Crippen LogP contribution in [0.2, 0.25) is 0 Å². The van der Waals surface area contributed by atoms with E-state index in [1.165, 1.54) is 23.9 Å². The number of benzene rings is 1. The topological polar surface area (TPSA) is 42.7 Å². The van der Waals surface area contributed by atoms with Gasteiger partial charge in [-0.05, 0) is 36.7 Å². The summed E-state index contributed by atoms with van der Waals surface area (Å²) >= 11 is 1.34. The summed E-state index contributed by atoms with van der Waals surface area (Å²) < 4.78 is 29.4. The van der Waals surface area contributed by atoms with Crippen LogP contribution < -0.4 is 5.32 Å². The highest BCUT2D eigenvalue weighted by Crippen LogP contribution is 2.36. The first kappa shape index (κ1) is 19.5. The fourth-order valence-electron chi connectivity index (χ4n) is 2.82. The van der Waals surface area contributed by atoms with E-state index >= 15 is 0 Å². The van der Waals surface area contributed by atoms with E-state index < -0.39 is 11.6 Å². The second-order valence-electron chi connectivity index (χ2n) is 6.56. The SMILES string of the molecule is CNCc1nc(C(C)C)c(Sc2cc(F)cc(F)c2)n1Cc1cccnc1. The van der Waals surface area contributed by atoms with Crippen LogP contribution in [0, 0.1) is 11.6 Å². The van der Waals surface area contributed by atoms with E-state index in [2.05, 4.69) is 28.7 Å². The molecule has 0 radical (unpaired) electrons. The molecule has 0 fully saturated rings. The quantitative estimate of drug-likeness (QED) is 0.642. The molecule has 0 atom stereocenters. The van der Waals surface area contributed by atoms with Crippen LogP contribution >= 0.6 is 11.8 Å². The van der Waals surface area contributed by atoms with Crippen molar-refractivity contribution in [3.8, 4) is 0 Å². The minimum absolute atomic E-state index is 0.177. The van der Waals surface area contributed by atoms with Gasteiger partial charge in [0, 0.05) is 23.4 Å². The Labute approximate surface area is 162 Å². The molecule has 0 saturated carbocycles. The molecular weight excluding hydrogens is 366 g/mol. The number of nitrogens with zero attached hydrogens (tertiary/aromatic N) is 3. The molecule has 2 aromatic heterocycles. The molecule has 0 amide bonds. The van der Waals surface area contributed by atoms with Crippen molar-refractivity contribution in [3.63, 3.8) is 0 Å². The first-order valence-corrected chi connectivity index (χ1v) is 9.56. The molecule has 3 aromatic rings. The van der Waals surface area contributed by atoms with Crippen LogP contribution in [0.15, 0.2) is 52.6 Å². The summed E-state index contributed by atoms with van der Waals surface area (Å²) in [4.78, 5) is 9.50. The molecule has 27 heavy (non-hydrogen) atoms. The lowest BCUT2D eigenvalue weighted by atomic mass is 10.1. The zero-order valence-electron chi connectivity index (χ0n) is 15.5. The van der Waals surface area contributed by atoms with E-state index in [1.54, 1.807) is 6.20 Å². The maximum Gasteiger partial charge on any atom is 0.127 e. The van der Waals surface area contributed by atoms with Gasteiger partial charge in [0.25, 0.3) is 0 Å². The molecule has 0 aliphatic carbocycles. The largest absolute Gasteiger partial charge is 0.317 e. The predicted octanol–water partition coefficient (Wildman–Crippen LogP) is 4.60.